The van der Waals surface area contributed by atoms with Gasteiger partial charge in [0.2, 0.25) is 15.9 Å². The van der Waals surface area contributed by atoms with Gasteiger partial charge in [0.1, 0.15) is 6.10 Å². The fraction of sp³-hybridized carbons (Fsp3) is 0.478. The molecule has 5 rings (SSSR count). The number of benzene rings is 1. The molecule has 32 heavy (non-hydrogen) atoms. The lowest BCUT2D eigenvalue weighted by Crippen LogP contribution is -2.38. The summed E-state index contributed by atoms with van der Waals surface area (Å²) < 4.78 is 33.0. The molecule has 0 radical (unpaired) electrons. The summed E-state index contributed by atoms with van der Waals surface area (Å²) in [5, 5.41) is 2.69. The summed E-state index contributed by atoms with van der Waals surface area (Å²) in [6.45, 7) is 3.24. The molecular weight excluding hydrogens is 430 g/mol. The molecule has 0 aromatic heterocycles. The standard InChI is InChI=1S/C23H27N3O5S/c1-16(27)24-12-20-14-26(22(28)31-20)19-9-7-17(8-10-19)23-11-18(23)13-25(15-23)32(29,30)21-5-3-2-4-6-21/h2-9,18-20H,10-15H2,1H3,(H,24,27)/t18?,19?,20-,23?/m0/s1. The largest absolute Gasteiger partial charge is 0.442 e. The van der Waals surface area contributed by atoms with Gasteiger partial charge in [-0.15, -0.1) is 0 Å². The lowest BCUT2D eigenvalue weighted by Gasteiger charge is -2.27. The molecular formula is C23H27N3O5S. The number of carbonyl (C=O) groups is 2. The number of piperidine rings is 1. The number of rotatable bonds is 6. The zero-order chi connectivity index (χ0) is 22.5. The topological polar surface area (TPSA) is 96.0 Å². The molecule has 2 aliphatic heterocycles. The summed E-state index contributed by atoms with van der Waals surface area (Å²) in [5.41, 5.74) is 1.06. The maximum Gasteiger partial charge on any atom is 0.410 e. The molecule has 9 heteroatoms. The van der Waals surface area contributed by atoms with E-state index in [0.29, 0.717) is 43.4 Å². The first-order valence-corrected chi connectivity index (χ1v) is 12.4. The highest BCUT2D eigenvalue weighted by Gasteiger charge is 2.63. The number of carbonyl (C=O) groups excluding carboxylic acids is 2. The summed E-state index contributed by atoms with van der Waals surface area (Å²) in [6, 6.07) is 8.50. The Balaban J connectivity index is 1.23. The quantitative estimate of drug-likeness (QED) is 0.704. The number of nitrogens with zero attached hydrogens (tertiary/aromatic N) is 2. The maximum absolute atomic E-state index is 13.0. The molecule has 4 aliphatic rings. The molecule has 1 saturated carbocycles. The fourth-order valence-electron chi connectivity index (χ4n) is 5.19. The van der Waals surface area contributed by atoms with Crippen molar-refractivity contribution in [3.8, 4) is 0 Å². The van der Waals surface area contributed by atoms with Gasteiger partial charge in [0.25, 0.3) is 0 Å². The minimum Gasteiger partial charge on any atom is -0.442 e. The van der Waals surface area contributed by atoms with E-state index in [-0.39, 0.29) is 29.6 Å². The highest BCUT2D eigenvalue weighted by Crippen LogP contribution is 2.63. The van der Waals surface area contributed by atoms with Crippen LogP contribution in [0.25, 0.3) is 0 Å². The molecule has 2 heterocycles. The fourth-order valence-corrected chi connectivity index (χ4v) is 6.77. The number of hydrogen-bond donors (Lipinski definition) is 1. The van der Waals surface area contributed by atoms with E-state index in [1.807, 2.05) is 12.1 Å². The SMILES string of the molecule is CC(=O)NC[C@H]1CN(C2C=CC(C34CC3CN(S(=O)(=O)c3ccccc3)C4)=CC2)C(=O)O1. The Hall–Kier alpha value is -2.65. The van der Waals surface area contributed by atoms with Crippen molar-refractivity contribution in [2.75, 3.05) is 26.2 Å². The summed E-state index contributed by atoms with van der Waals surface area (Å²) >= 11 is 0. The number of allylic oxidation sites excluding steroid dienone is 1. The van der Waals surface area contributed by atoms with Crippen molar-refractivity contribution in [1.82, 2.24) is 14.5 Å². The molecule has 2 amide bonds. The monoisotopic (exact) mass is 457 g/mol. The first-order valence-electron chi connectivity index (χ1n) is 11.0. The first kappa shape index (κ1) is 21.2. The third kappa shape index (κ3) is 3.63. The molecule has 2 aliphatic carbocycles. The number of fused-ring (bicyclic) bond motifs is 1. The Morgan fingerprint density at radius 3 is 2.72 bits per heavy atom. The normalized spacial score (nSPS) is 31.8. The van der Waals surface area contributed by atoms with E-state index in [1.165, 1.54) is 12.5 Å². The minimum atomic E-state index is -3.48. The van der Waals surface area contributed by atoms with Crippen molar-refractivity contribution >= 4 is 22.0 Å². The smallest absolute Gasteiger partial charge is 0.410 e. The number of cyclic esters (lactones) is 1. The van der Waals surface area contributed by atoms with Crippen LogP contribution in [0.3, 0.4) is 0 Å². The molecule has 1 aromatic carbocycles. The van der Waals surface area contributed by atoms with E-state index in [0.717, 1.165) is 6.42 Å². The molecule has 1 N–H and O–H groups in total. The average molecular weight is 458 g/mol. The van der Waals surface area contributed by atoms with Gasteiger partial charge >= 0.3 is 6.09 Å². The van der Waals surface area contributed by atoms with Crippen LogP contribution in [0, 0.1) is 11.3 Å². The molecule has 3 fully saturated rings. The molecule has 0 bridgehead atoms. The number of amides is 2. The maximum atomic E-state index is 13.0. The van der Waals surface area contributed by atoms with Crippen LogP contribution >= 0.6 is 0 Å². The molecule has 3 unspecified atom stereocenters. The first-order chi connectivity index (χ1) is 15.3. The summed E-state index contributed by atoms with van der Waals surface area (Å²) in [4.78, 5) is 25.4. The van der Waals surface area contributed by atoms with Crippen LogP contribution in [0.4, 0.5) is 4.79 Å². The van der Waals surface area contributed by atoms with E-state index in [1.54, 1.807) is 33.5 Å². The van der Waals surface area contributed by atoms with E-state index < -0.39 is 10.0 Å². The summed E-state index contributed by atoms with van der Waals surface area (Å²) in [5.74, 6) is 0.190. The van der Waals surface area contributed by atoms with Crippen molar-refractivity contribution < 1.29 is 22.7 Å². The molecule has 0 spiro atoms. The van der Waals surface area contributed by atoms with Crippen LogP contribution in [0.5, 0.6) is 0 Å². The van der Waals surface area contributed by atoms with Crippen LogP contribution in [-0.4, -0.2) is 67.9 Å². The van der Waals surface area contributed by atoms with Crippen molar-refractivity contribution in [2.24, 2.45) is 11.3 Å². The Bertz CT molecular complexity index is 1100. The number of sulfonamides is 1. The van der Waals surface area contributed by atoms with Crippen molar-refractivity contribution in [3.05, 3.63) is 54.1 Å². The van der Waals surface area contributed by atoms with Crippen LogP contribution in [-0.2, 0) is 19.6 Å². The van der Waals surface area contributed by atoms with Gasteiger partial charge in [-0.25, -0.2) is 13.2 Å². The minimum absolute atomic E-state index is 0.0901. The van der Waals surface area contributed by atoms with Crippen molar-refractivity contribution in [1.29, 1.82) is 0 Å². The van der Waals surface area contributed by atoms with Gasteiger partial charge in [-0.05, 0) is 36.5 Å². The van der Waals surface area contributed by atoms with Crippen LogP contribution in [0.15, 0.2) is 59.0 Å². The van der Waals surface area contributed by atoms with Gasteiger partial charge in [-0.3, -0.25) is 9.69 Å². The number of hydrogen-bond acceptors (Lipinski definition) is 5. The van der Waals surface area contributed by atoms with Crippen LogP contribution < -0.4 is 5.32 Å². The zero-order valence-electron chi connectivity index (χ0n) is 17.9. The second-order valence-corrected chi connectivity index (χ2v) is 11.0. The third-order valence-electron chi connectivity index (χ3n) is 7.03. The molecule has 8 nitrogen and oxygen atoms in total. The Morgan fingerprint density at radius 2 is 2.03 bits per heavy atom. The van der Waals surface area contributed by atoms with E-state index in [4.69, 9.17) is 4.74 Å². The second-order valence-electron chi connectivity index (χ2n) is 9.08. The van der Waals surface area contributed by atoms with Gasteiger partial charge < -0.3 is 10.1 Å². The van der Waals surface area contributed by atoms with Crippen LogP contribution in [0.2, 0.25) is 0 Å². The van der Waals surface area contributed by atoms with Gasteiger partial charge in [-0.1, -0.05) is 36.4 Å². The van der Waals surface area contributed by atoms with E-state index in [2.05, 4.69) is 17.5 Å². The Morgan fingerprint density at radius 1 is 1.25 bits per heavy atom. The van der Waals surface area contributed by atoms with E-state index in [9.17, 15) is 18.0 Å². The molecule has 1 aromatic rings. The van der Waals surface area contributed by atoms with Gasteiger partial charge in [0.05, 0.1) is 24.0 Å². The average Bonchev–Trinajstić information content (AvgIpc) is 3.15. The number of ether oxygens (including phenoxy) is 1. The lowest BCUT2D eigenvalue weighted by molar-refractivity contribution is -0.119. The third-order valence-corrected chi connectivity index (χ3v) is 8.85. The summed E-state index contributed by atoms with van der Waals surface area (Å²) in [7, 11) is -3.48. The van der Waals surface area contributed by atoms with Crippen molar-refractivity contribution in [2.45, 2.75) is 36.8 Å². The van der Waals surface area contributed by atoms with Gasteiger partial charge in [0, 0.05) is 25.4 Å². The van der Waals surface area contributed by atoms with E-state index >= 15 is 0 Å². The molecule has 2 saturated heterocycles. The van der Waals surface area contributed by atoms with Crippen LogP contribution in [0.1, 0.15) is 19.8 Å². The van der Waals surface area contributed by atoms with Gasteiger partial charge in [0.15, 0.2) is 0 Å². The Labute approximate surface area is 187 Å². The van der Waals surface area contributed by atoms with Gasteiger partial charge in [-0.2, -0.15) is 4.31 Å². The van der Waals surface area contributed by atoms with Crippen molar-refractivity contribution in [3.63, 3.8) is 0 Å². The predicted molar refractivity (Wildman–Crippen MR) is 117 cm³/mol. The highest BCUT2D eigenvalue weighted by molar-refractivity contribution is 7.89. The zero-order valence-corrected chi connectivity index (χ0v) is 18.8. The highest BCUT2D eigenvalue weighted by atomic mass is 32.2. The second kappa shape index (κ2) is 7.74. The molecule has 4 atom stereocenters. The summed E-state index contributed by atoms with van der Waals surface area (Å²) in [6.07, 6.45) is 7.19. The number of nitrogens with one attached hydrogen (secondary N) is 1. The molecule has 170 valence electrons. The predicted octanol–water partition coefficient (Wildman–Crippen LogP) is 1.91. The Kier molecular flexibility index (Phi) is 5.13. The lowest BCUT2D eigenvalue weighted by atomic mass is 9.89.